The lowest BCUT2D eigenvalue weighted by Gasteiger charge is -2.10. The van der Waals surface area contributed by atoms with Gasteiger partial charge in [0.2, 0.25) is 11.2 Å². The number of amides is 1. The van der Waals surface area contributed by atoms with Crippen LogP contribution in [0, 0.1) is 0 Å². The van der Waals surface area contributed by atoms with Crippen LogP contribution in [0.2, 0.25) is 5.28 Å². The van der Waals surface area contributed by atoms with E-state index in [1.165, 1.54) is 23.8 Å². The molecule has 1 amide bonds. The molecule has 7 heteroatoms. The molecule has 5 nitrogen and oxygen atoms in total. The molecular formula is C17H15ClN4OS. The van der Waals surface area contributed by atoms with Crippen LogP contribution in [-0.2, 0) is 17.6 Å². The van der Waals surface area contributed by atoms with Gasteiger partial charge in [0, 0.05) is 23.2 Å². The first-order valence-electron chi connectivity index (χ1n) is 7.72. The van der Waals surface area contributed by atoms with Gasteiger partial charge in [-0.3, -0.25) is 4.79 Å². The number of aryl methyl sites for hydroxylation is 2. The van der Waals surface area contributed by atoms with Crippen LogP contribution in [0.1, 0.15) is 23.8 Å². The smallest absolute Gasteiger partial charge is 0.225 e. The molecule has 1 aliphatic rings. The highest BCUT2D eigenvalue weighted by Gasteiger charge is 2.22. The van der Waals surface area contributed by atoms with Crippen LogP contribution < -0.4 is 10.6 Å². The quantitative estimate of drug-likeness (QED) is 0.675. The molecule has 0 spiro atoms. The maximum absolute atomic E-state index is 11.2. The first-order chi connectivity index (χ1) is 11.6. The highest BCUT2D eigenvalue weighted by atomic mass is 35.5. The molecule has 3 aromatic rings. The Kier molecular flexibility index (Phi) is 3.86. The molecule has 0 fully saturated rings. The summed E-state index contributed by atoms with van der Waals surface area (Å²) >= 11 is 7.80. The van der Waals surface area contributed by atoms with Gasteiger partial charge in [-0.15, -0.1) is 11.3 Å². The fourth-order valence-electron chi connectivity index (χ4n) is 3.07. The van der Waals surface area contributed by atoms with Crippen LogP contribution in [0.5, 0.6) is 0 Å². The lowest BCUT2D eigenvalue weighted by atomic mass is 10.2. The van der Waals surface area contributed by atoms with Crippen LogP contribution in [-0.4, -0.2) is 15.9 Å². The summed E-state index contributed by atoms with van der Waals surface area (Å²) in [6.45, 7) is 1.49. The van der Waals surface area contributed by atoms with Gasteiger partial charge in [-0.25, -0.2) is 4.98 Å². The summed E-state index contributed by atoms with van der Waals surface area (Å²) in [7, 11) is 0. The predicted molar refractivity (Wildman–Crippen MR) is 98.5 cm³/mol. The minimum atomic E-state index is -0.102. The van der Waals surface area contributed by atoms with Crippen LogP contribution >= 0.6 is 22.9 Å². The molecule has 0 unspecified atom stereocenters. The van der Waals surface area contributed by atoms with Crippen molar-refractivity contribution in [3.63, 3.8) is 0 Å². The summed E-state index contributed by atoms with van der Waals surface area (Å²) in [5.41, 5.74) is 2.92. The molecule has 0 radical (unpaired) electrons. The van der Waals surface area contributed by atoms with Gasteiger partial charge in [-0.1, -0.05) is 6.07 Å². The van der Waals surface area contributed by atoms with Gasteiger partial charge in [0.15, 0.2) is 0 Å². The standard InChI is InChI=1S/C17H15ClN4OS/c1-9(23)19-10-4-2-5-11(8-10)20-15-14-12-6-3-7-13(12)24-16(14)22-17(18)21-15/h2,4-5,8H,3,6-7H2,1H3,(H,19,23)(H,20,21,22). The minimum Gasteiger partial charge on any atom is -0.339 e. The number of carbonyl (C=O) groups is 1. The molecule has 2 aromatic heterocycles. The zero-order valence-electron chi connectivity index (χ0n) is 13.0. The van der Waals surface area contributed by atoms with Crippen molar-refractivity contribution in [1.82, 2.24) is 9.97 Å². The van der Waals surface area contributed by atoms with E-state index < -0.39 is 0 Å². The monoisotopic (exact) mass is 358 g/mol. The fourth-order valence-corrected chi connectivity index (χ4v) is 4.56. The Bertz CT molecular complexity index is 953. The molecule has 0 atom stereocenters. The van der Waals surface area contributed by atoms with Crippen molar-refractivity contribution in [3.05, 3.63) is 40.0 Å². The van der Waals surface area contributed by atoms with Crippen LogP contribution in [0.25, 0.3) is 10.2 Å². The molecule has 0 aliphatic heterocycles. The molecule has 1 aromatic carbocycles. The Morgan fingerprint density at radius 1 is 1.25 bits per heavy atom. The van der Waals surface area contributed by atoms with E-state index in [-0.39, 0.29) is 11.2 Å². The molecule has 1 aliphatic carbocycles. The highest BCUT2D eigenvalue weighted by molar-refractivity contribution is 7.19. The van der Waals surface area contributed by atoms with E-state index in [1.54, 1.807) is 11.3 Å². The largest absolute Gasteiger partial charge is 0.339 e. The third-order valence-corrected chi connectivity index (χ3v) is 5.34. The van der Waals surface area contributed by atoms with E-state index in [1.807, 2.05) is 24.3 Å². The van der Waals surface area contributed by atoms with E-state index in [4.69, 9.17) is 11.6 Å². The molecule has 122 valence electrons. The van der Waals surface area contributed by atoms with Gasteiger partial charge >= 0.3 is 0 Å². The number of hydrogen-bond acceptors (Lipinski definition) is 5. The minimum absolute atomic E-state index is 0.102. The Balaban J connectivity index is 1.76. The lowest BCUT2D eigenvalue weighted by Crippen LogP contribution is -2.06. The first-order valence-corrected chi connectivity index (χ1v) is 8.92. The van der Waals surface area contributed by atoms with E-state index in [9.17, 15) is 4.79 Å². The summed E-state index contributed by atoms with van der Waals surface area (Å²) in [4.78, 5) is 22.3. The average molecular weight is 359 g/mol. The molecule has 4 rings (SSSR count). The van der Waals surface area contributed by atoms with Crippen molar-refractivity contribution in [1.29, 1.82) is 0 Å². The molecular weight excluding hydrogens is 344 g/mol. The predicted octanol–water partition coefficient (Wildman–Crippen LogP) is 4.54. The van der Waals surface area contributed by atoms with E-state index in [0.29, 0.717) is 0 Å². The van der Waals surface area contributed by atoms with Crippen molar-refractivity contribution >= 4 is 56.3 Å². The van der Waals surface area contributed by atoms with Gasteiger partial charge in [-0.05, 0) is 54.6 Å². The number of nitrogens with zero attached hydrogens (tertiary/aromatic N) is 2. The summed E-state index contributed by atoms with van der Waals surface area (Å²) in [5.74, 6) is 0.625. The van der Waals surface area contributed by atoms with Crippen molar-refractivity contribution in [2.45, 2.75) is 26.2 Å². The summed E-state index contributed by atoms with van der Waals surface area (Å²) in [6, 6.07) is 7.53. The lowest BCUT2D eigenvalue weighted by molar-refractivity contribution is -0.114. The molecule has 0 saturated heterocycles. The topological polar surface area (TPSA) is 66.9 Å². The molecule has 2 N–H and O–H groups in total. The number of thiophene rings is 1. The van der Waals surface area contributed by atoms with Crippen molar-refractivity contribution in [3.8, 4) is 0 Å². The highest BCUT2D eigenvalue weighted by Crippen LogP contribution is 2.40. The number of fused-ring (bicyclic) bond motifs is 3. The fraction of sp³-hybridized carbons (Fsp3) is 0.235. The second kappa shape index (κ2) is 6.03. The maximum atomic E-state index is 11.2. The second-order valence-electron chi connectivity index (χ2n) is 5.77. The summed E-state index contributed by atoms with van der Waals surface area (Å²) in [6.07, 6.45) is 3.34. The normalized spacial score (nSPS) is 13.1. The zero-order chi connectivity index (χ0) is 16.7. The average Bonchev–Trinajstić information content (AvgIpc) is 3.06. The molecule has 0 saturated carbocycles. The molecule has 24 heavy (non-hydrogen) atoms. The van der Waals surface area contributed by atoms with Gasteiger partial charge < -0.3 is 10.6 Å². The molecule has 0 bridgehead atoms. The van der Waals surface area contributed by atoms with Crippen LogP contribution in [0.4, 0.5) is 17.2 Å². The van der Waals surface area contributed by atoms with Gasteiger partial charge in [-0.2, -0.15) is 4.98 Å². The Labute approximate surface area is 148 Å². The van der Waals surface area contributed by atoms with Gasteiger partial charge in [0.05, 0.1) is 5.39 Å². The van der Waals surface area contributed by atoms with Crippen LogP contribution in [0.3, 0.4) is 0 Å². The van der Waals surface area contributed by atoms with E-state index in [2.05, 4.69) is 20.6 Å². The molecule has 2 heterocycles. The Hall–Kier alpha value is -2.18. The third kappa shape index (κ3) is 2.83. The number of carbonyl (C=O) groups excluding carboxylic acids is 1. The number of rotatable bonds is 3. The summed E-state index contributed by atoms with van der Waals surface area (Å²) < 4.78 is 0. The zero-order valence-corrected chi connectivity index (χ0v) is 14.6. The van der Waals surface area contributed by atoms with Crippen molar-refractivity contribution in [2.24, 2.45) is 0 Å². The van der Waals surface area contributed by atoms with Crippen molar-refractivity contribution in [2.75, 3.05) is 10.6 Å². The second-order valence-corrected chi connectivity index (χ2v) is 7.19. The Morgan fingerprint density at radius 2 is 2.08 bits per heavy atom. The van der Waals surface area contributed by atoms with Gasteiger partial charge in [0.1, 0.15) is 10.6 Å². The van der Waals surface area contributed by atoms with Crippen molar-refractivity contribution < 1.29 is 4.79 Å². The first kappa shape index (κ1) is 15.4. The summed E-state index contributed by atoms with van der Waals surface area (Å²) in [5, 5.41) is 7.43. The number of anilines is 3. The number of aromatic nitrogens is 2. The maximum Gasteiger partial charge on any atom is 0.225 e. The van der Waals surface area contributed by atoms with E-state index in [0.717, 1.165) is 40.3 Å². The number of nitrogens with one attached hydrogen (secondary N) is 2. The number of benzene rings is 1. The SMILES string of the molecule is CC(=O)Nc1cccc(Nc2nc(Cl)nc3sc4c(c23)CCC4)c1. The van der Waals surface area contributed by atoms with E-state index >= 15 is 0 Å². The third-order valence-electron chi connectivity index (χ3n) is 3.98. The van der Waals surface area contributed by atoms with Crippen LogP contribution in [0.15, 0.2) is 24.3 Å². The Morgan fingerprint density at radius 3 is 2.92 bits per heavy atom. The number of halogens is 1. The van der Waals surface area contributed by atoms with Gasteiger partial charge in [0.25, 0.3) is 0 Å². The number of hydrogen-bond donors (Lipinski definition) is 2.